The van der Waals surface area contributed by atoms with Gasteiger partial charge in [0.15, 0.2) is 5.13 Å². The largest absolute Gasteiger partial charge is 0.379 e. The molecule has 1 amide bonds. The third-order valence-electron chi connectivity index (χ3n) is 2.44. The van der Waals surface area contributed by atoms with E-state index in [2.05, 4.69) is 15.2 Å². The number of ether oxygens (including phenoxy) is 1. The number of carbonyl (C=O) groups is 1. The second kappa shape index (κ2) is 5.93. The van der Waals surface area contributed by atoms with E-state index in [1.807, 2.05) is 5.38 Å². The Bertz CT molecular complexity index is 323. The SMILES string of the molecule is O=C(CCN1CCOCC1)Nc1nccs1. The Morgan fingerprint density at radius 1 is 1.56 bits per heavy atom. The Balaban J connectivity index is 1.67. The minimum Gasteiger partial charge on any atom is -0.379 e. The van der Waals surface area contributed by atoms with Crippen molar-refractivity contribution >= 4 is 22.4 Å². The molecule has 0 unspecified atom stereocenters. The van der Waals surface area contributed by atoms with Gasteiger partial charge in [-0.2, -0.15) is 0 Å². The van der Waals surface area contributed by atoms with Gasteiger partial charge in [-0.3, -0.25) is 9.69 Å². The van der Waals surface area contributed by atoms with Crippen molar-refractivity contribution in [3.63, 3.8) is 0 Å². The summed E-state index contributed by atoms with van der Waals surface area (Å²) in [5.74, 6) is 0.0291. The van der Waals surface area contributed by atoms with Crippen molar-refractivity contribution in [1.29, 1.82) is 0 Å². The summed E-state index contributed by atoms with van der Waals surface area (Å²) in [7, 11) is 0. The maximum absolute atomic E-state index is 11.6. The lowest BCUT2D eigenvalue weighted by Crippen LogP contribution is -2.38. The van der Waals surface area contributed by atoms with E-state index in [0.717, 1.165) is 32.8 Å². The van der Waals surface area contributed by atoms with E-state index in [9.17, 15) is 4.79 Å². The Hall–Kier alpha value is -0.980. The summed E-state index contributed by atoms with van der Waals surface area (Å²) in [5.41, 5.74) is 0. The second-order valence-corrected chi connectivity index (χ2v) is 4.48. The van der Waals surface area contributed by atoms with Crippen LogP contribution in [-0.2, 0) is 9.53 Å². The van der Waals surface area contributed by atoms with Gasteiger partial charge in [-0.05, 0) is 0 Å². The molecule has 0 atom stereocenters. The molecule has 1 aromatic heterocycles. The zero-order valence-corrected chi connectivity index (χ0v) is 9.83. The van der Waals surface area contributed by atoms with Crippen molar-refractivity contribution in [2.45, 2.75) is 6.42 Å². The molecule has 16 heavy (non-hydrogen) atoms. The zero-order valence-electron chi connectivity index (χ0n) is 9.02. The van der Waals surface area contributed by atoms with Gasteiger partial charge in [-0.1, -0.05) is 0 Å². The number of rotatable bonds is 4. The molecule has 0 aromatic carbocycles. The first-order valence-corrected chi connectivity index (χ1v) is 6.22. The van der Waals surface area contributed by atoms with Gasteiger partial charge in [-0.25, -0.2) is 4.98 Å². The first-order chi connectivity index (χ1) is 7.84. The van der Waals surface area contributed by atoms with Gasteiger partial charge in [0.25, 0.3) is 0 Å². The zero-order chi connectivity index (χ0) is 11.2. The van der Waals surface area contributed by atoms with E-state index in [1.165, 1.54) is 11.3 Å². The summed E-state index contributed by atoms with van der Waals surface area (Å²) in [6.45, 7) is 4.18. The topological polar surface area (TPSA) is 54.5 Å². The number of carbonyl (C=O) groups excluding carboxylic acids is 1. The lowest BCUT2D eigenvalue weighted by Gasteiger charge is -2.26. The van der Waals surface area contributed by atoms with Gasteiger partial charge < -0.3 is 10.1 Å². The predicted molar refractivity (Wildman–Crippen MR) is 62.6 cm³/mol. The molecule has 1 aromatic rings. The molecule has 0 aliphatic carbocycles. The summed E-state index contributed by atoms with van der Waals surface area (Å²) in [4.78, 5) is 17.8. The van der Waals surface area contributed by atoms with Gasteiger partial charge in [0.1, 0.15) is 0 Å². The highest BCUT2D eigenvalue weighted by Crippen LogP contribution is 2.10. The third-order valence-corrected chi connectivity index (χ3v) is 3.13. The molecular weight excluding hydrogens is 226 g/mol. The number of nitrogens with one attached hydrogen (secondary N) is 1. The minimum atomic E-state index is 0.0291. The van der Waals surface area contributed by atoms with Crippen LogP contribution in [0.5, 0.6) is 0 Å². The first-order valence-electron chi connectivity index (χ1n) is 5.34. The summed E-state index contributed by atoms with van der Waals surface area (Å²) in [6, 6.07) is 0. The molecule has 1 saturated heterocycles. The number of morpholine rings is 1. The van der Waals surface area contributed by atoms with Gasteiger partial charge >= 0.3 is 0 Å². The molecule has 1 aliphatic heterocycles. The van der Waals surface area contributed by atoms with Crippen LogP contribution in [0.15, 0.2) is 11.6 Å². The minimum absolute atomic E-state index is 0.0291. The molecule has 88 valence electrons. The average Bonchev–Trinajstić information content (AvgIpc) is 2.81. The summed E-state index contributed by atoms with van der Waals surface area (Å²) >= 11 is 1.44. The predicted octanol–water partition coefficient (Wildman–Crippen LogP) is 0.804. The molecule has 1 fully saturated rings. The number of amides is 1. The third kappa shape index (κ3) is 3.55. The van der Waals surface area contributed by atoms with Crippen LogP contribution in [0.25, 0.3) is 0 Å². The van der Waals surface area contributed by atoms with Gasteiger partial charge in [0.05, 0.1) is 13.2 Å². The second-order valence-electron chi connectivity index (χ2n) is 3.59. The molecule has 1 aliphatic rings. The van der Waals surface area contributed by atoms with Crippen molar-refractivity contribution in [1.82, 2.24) is 9.88 Å². The lowest BCUT2D eigenvalue weighted by molar-refractivity contribution is -0.116. The molecule has 1 N–H and O–H groups in total. The molecule has 0 radical (unpaired) electrons. The normalized spacial score (nSPS) is 17.2. The Labute approximate surface area is 98.4 Å². The monoisotopic (exact) mass is 241 g/mol. The molecule has 0 saturated carbocycles. The van der Waals surface area contributed by atoms with Crippen molar-refractivity contribution in [2.75, 3.05) is 38.2 Å². The number of aromatic nitrogens is 1. The molecular formula is C10H15N3O2S. The Morgan fingerprint density at radius 3 is 3.06 bits per heavy atom. The van der Waals surface area contributed by atoms with Crippen molar-refractivity contribution in [2.24, 2.45) is 0 Å². The Morgan fingerprint density at radius 2 is 2.38 bits per heavy atom. The van der Waals surface area contributed by atoms with Crippen LogP contribution in [0, 0.1) is 0 Å². The summed E-state index contributed by atoms with van der Waals surface area (Å²) in [6.07, 6.45) is 2.20. The number of hydrogen-bond donors (Lipinski definition) is 1. The van der Waals surface area contributed by atoms with E-state index in [-0.39, 0.29) is 5.91 Å². The standard InChI is InChI=1S/C10H15N3O2S/c14-9(12-10-11-2-8-16-10)1-3-13-4-6-15-7-5-13/h2,8H,1,3-7H2,(H,11,12,14). The fourth-order valence-electron chi connectivity index (χ4n) is 1.55. The molecule has 2 heterocycles. The van der Waals surface area contributed by atoms with Crippen LogP contribution in [0.4, 0.5) is 5.13 Å². The molecule has 6 heteroatoms. The highest BCUT2D eigenvalue weighted by atomic mass is 32.1. The Kier molecular flexibility index (Phi) is 4.26. The van der Waals surface area contributed by atoms with E-state index < -0.39 is 0 Å². The maximum Gasteiger partial charge on any atom is 0.227 e. The molecule has 0 bridgehead atoms. The van der Waals surface area contributed by atoms with Crippen molar-refractivity contribution < 1.29 is 9.53 Å². The van der Waals surface area contributed by atoms with Gasteiger partial charge in [0, 0.05) is 37.6 Å². The molecule has 0 spiro atoms. The average molecular weight is 241 g/mol. The highest BCUT2D eigenvalue weighted by molar-refractivity contribution is 7.13. The number of nitrogens with zero attached hydrogens (tertiary/aromatic N) is 2. The van der Waals surface area contributed by atoms with Gasteiger partial charge in [0.2, 0.25) is 5.91 Å². The van der Waals surface area contributed by atoms with Crippen LogP contribution in [0.3, 0.4) is 0 Å². The van der Waals surface area contributed by atoms with Crippen LogP contribution < -0.4 is 5.32 Å². The van der Waals surface area contributed by atoms with E-state index >= 15 is 0 Å². The highest BCUT2D eigenvalue weighted by Gasteiger charge is 2.12. The molecule has 2 rings (SSSR count). The summed E-state index contributed by atoms with van der Waals surface area (Å²) < 4.78 is 5.24. The van der Waals surface area contributed by atoms with Crippen molar-refractivity contribution in [3.8, 4) is 0 Å². The van der Waals surface area contributed by atoms with E-state index in [0.29, 0.717) is 11.6 Å². The fraction of sp³-hybridized carbons (Fsp3) is 0.600. The van der Waals surface area contributed by atoms with Crippen LogP contribution in [0.1, 0.15) is 6.42 Å². The lowest BCUT2D eigenvalue weighted by atomic mass is 10.3. The first kappa shape index (κ1) is 11.5. The van der Waals surface area contributed by atoms with Crippen LogP contribution >= 0.6 is 11.3 Å². The van der Waals surface area contributed by atoms with Crippen molar-refractivity contribution in [3.05, 3.63) is 11.6 Å². The molecule has 5 nitrogen and oxygen atoms in total. The number of hydrogen-bond acceptors (Lipinski definition) is 5. The summed E-state index contributed by atoms with van der Waals surface area (Å²) in [5, 5.41) is 5.29. The van der Waals surface area contributed by atoms with E-state index in [4.69, 9.17) is 4.74 Å². The quantitative estimate of drug-likeness (QED) is 0.847. The maximum atomic E-state index is 11.6. The van der Waals surface area contributed by atoms with Crippen LogP contribution in [-0.4, -0.2) is 48.6 Å². The van der Waals surface area contributed by atoms with E-state index in [1.54, 1.807) is 6.20 Å². The van der Waals surface area contributed by atoms with Gasteiger partial charge in [-0.15, -0.1) is 11.3 Å². The fourth-order valence-corrected chi connectivity index (χ4v) is 2.10. The van der Waals surface area contributed by atoms with Crippen LogP contribution in [0.2, 0.25) is 0 Å². The number of thiazole rings is 1. The number of anilines is 1. The smallest absolute Gasteiger partial charge is 0.227 e.